The summed E-state index contributed by atoms with van der Waals surface area (Å²) in [6, 6.07) is 6.30. The number of hydrogen-bond donors (Lipinski definition) is 2. The molecule has 2 aromatic carbocycles. The summed E-state index contributed by atoms with van der Waals surface area (Å²) in [4.78, 5) is 15.5. The van der Waals surface area contributed by atoms with Gasteiger partial charge in [-0.15, -0.1) is 0 Å². The van der Waals surface area contributed by atoms with E-state index < -0.39 is 35.8 Å². The largest absolute Gasteiger partial charge is 0.386 e. The number of rotatable bonds is 6. The summed E-state index contributed by atoms with van der Waals surface area (Å²) in [6.07, 6.45) is -0.400. The molecule has 0 bridgehead atoms. The van der Waals surface area contributed by atoms with Crippen molar-refractivity contribution in [3.05, 3.63) is 81.0 Å². The molecule has 1 heterocycles. The quantitative estimate of drug-likeness (QED) is 0.484. The van der Waals surface area contributed by atoms with E-state index in [0.717, 1.165) is 23.0 Å². The molecule has 0 radical (unpaired) electrons. The fourth-order valence-electron chi connectivity index (χ4n) is 2.64. The van der Waals surface area contributed by atoms with Gasteiger partial charge in [0.05, 0.1) is 6.54 Å². The Morgan fingerprint density at radius 2 is 1.86 bits per heavy atom. The van der Waals surface area contributed by atoms with E-state index in [1.54, 1.807) is 19.1 Å². The zero-order valence-electron chi connectivity index (χ0n) is 15.2. The van der Waals surface area contributed by atoms with Gasteiger partial charge >= 0.3 is 0 Å². The summed E-state index contributed by atoms with van der Waals surface area (Å²) in [5.74, 6) is -4.35. The fraction of sp³-hybridized carbons (Fsp3) is 0.211. The number of halogens is 4. The Morgan fingerprint density at radius 3 is 2.52 bits per heavy atom. The van der Waals surface area contributed by atoms with Crippen molar-refractivity contribution in [1.82, 2.24) is 14.8 Å². The first kappa shape index (κ1) is 20.5. The molecule has 1 aromatic heterocycles. The van der Waals surface area contributed by atoms with E-state index in [2.05, 4.69) is 15.4 Å². The van der Waals surface area contributed by atoms with Gasteiger partial charge in [-0.1, -0.05) is 12.1 Å². The van der Waals surface area contributed by atoms with Gasteiger partial charge in [0.15, 0.2) is 17.5 Å². The molecule has 152 valence electrons. The van der Waals surface area contributed by atoms with Crippen LogP contribution in [0.3, 0.4) is 0 Å². The maximum Gasteiger partial charge on any atom is 0.293 e. The van der Waals surface area contributed by atoms with E-state index in [4.69, 9.17) is 0 Å². The maximum absolute atomic E-state index is 13.5. The first-order valence-corrected chi connectivity index (χ1v) is 8.47. The number of hydrogen-bond acceptors (Lipinski definition) is 5. The van der Waals surface area contributed by atoms with Crippen LogP contribution in [0.2, 0.25) is 0 Å². The van der Waals surface area contributed by atoms with E-state index in [9.17, 15) is 27.5 Å². The average Bonchev–Trinajstić information content (AvgIpc) is 2.69. The van der Waals surface area contributed by atoms with Crippen molar-refractivity contribution in [1.29, 1.82) is 0 Å². The first-order valence-electron chi connectivity index (χ1n) is 8.47. The van der Waals surface area contributed by atoms with Crippen LogP contribution in [0, 0.1) is 24.4 Å². The third-order valence-corrected chi connectivity index (χ3v) is 4.18. The summed E-state index contributed by atoms with van der Waals surface area (Å²) in [5.41, 5.74) is 0.808. The van der Waals surface area contributed by atoms with E-state index in [-0.39, 0.29) is 18.1 Å². The Morgan fingerprint density at radius 1 is 1.17 bits per heavy atom. The van der Waals surface area contributed by atoms with E-state index in [1.807, 2.05) is 0 Å². The molecule has 29 heavy (non-hydrogen) atoms. The second kappa shape index (κ2) is 8.39. The Balaban J connectivity index is 1.97. The molecular formula is C19H16F4N4O2. The van der Waals surface area contributed by atoms with Crippen molar-refractivity contribution in [2.45, 2.75) is 19.6 Å². The van der Waals surface area contributed by atoms with Gasteiger partial charge in [-0.3, -0.25) is 4.79 Å². The molecule has 10 heteroatoms. The zero-order valence-corrected chi connectivity index (χ0v) is 15.2. The summed E-state index contributed by atoms with van der Waals surface area (Å²) in [6.45, 7) is 0.549. The highest BCUT2D eigenvalue weighted by Crippen LogP contribution is 2.24. The SMILES string of the molecule is Cc1ccc(C(O)CF)cc1Nc1nc(=O)cnn1Cc1cc(F)c(F)c(F)c1. The molecule has 0 aliphatic carbocycles. The molecule has 0 saturated heterocycles. The third kappa shape index (κ3) is 4.60. The van der Waals surface area contributed by atoms with Crippen LogP contribution in [0.15, 0.2) is 41.3 Å². The zero-order chi connectivity index (χ0) is 21.1. The molecule has 0 aliphatic rings. The van der Waals surface area contributed by atoms with Crippen molar-refractivity contribution in [3.63, 3.8) is 0 Å². The number of alkyl halides is 1. The van der Waals surface area contributed by atoms with Crippen LogP contribution in [0.4, 0.5) is 29.2 Å². The molecule has 0 aliphatic heterocycles. The molecule has 0 spiro atoms. The smallest absolute Gasteiger partial charge is 0.293 e. The normalized spacial score (nSPS) is 12.1. The minimum absolute atomic E-state index is 0.0562. The Kier molecular flexibility index (Phi) is 5.92. The Labute approximate surface area is 162 Å². The molecule has 1 atom stereocenters. The van der Waals surface area contributed by atoms with Crippen LogP contribution in [0.5, 0.6) is 0 Å². The molecule has 0 fully saturated rings. The molecule has 3 aromatic rings. The molecule has 0 saturated carbocycles. The number of aliphatic hydroxyl groups is 1. The van der Waals surface area contributed by atoms with Gasteiger partial charge in [-0.25, -0.2) is 22.2 Å². The highest BCUT2D eigenvalue weighted by Gasteiger charge is 2.14. The summed E-state index contributed by atoms with van der Waals surface area (Å²) < 4.78 is 54.0. The lowest BCUT2D eigenvalue weighted by Gasteiger charge is -2.16. The molecule has 2 N–H and O–H groups in total. The minimum atomic E-state index is -1.59. The van der Waals surface area contributed by atoms with Crippen LogP contribution < -0.4 is 10.9 Å². The van der Waals surface area contributed by atoms with Gasteiger partial charge in [0.2, 0.25) is 5.95 Å². The monoisotopic (exact) mass is 408 g/mol. The van der Waals surface area contributed by atoms with E-state index in [0.29, 0.717) is 16.8 Å². The molecule has 1 unspecified atom stereocenters. The van der Waals surface area contributed by atoms with Crippen molar-refractivity contribution in [2.75, 3.05) is 12.0 Å². The van der Waals surface area contributed by atoms with E-state index in [1.165, 1.54) is 6.07 Å². The fourth-order valence-corrected chi connectivity index (χ4v) is 2.64. The van der Waals surface area contributed by atoms with Crippen molar-refractivity contribution in [3.8, 4) is 0 Å². The van der Waals surface area contributed by atoms with Crippen LogP contribution in [-0.2, 0) is 6.54 Å². The van der Waals surface area contributed by atoms with Crippen molar-refractivity contribution < 1.29 is 22.7 Å². The predicted octanol–water partition coefficient (Wildman–Crippen LogP) is 3.16. The predicted molar refractivity (Wildman–Crippen MR) is 97.1 cm³/mol. The van der Waals surface area contributed by atoms with Gasteiger partial charge < -0.3 is 10.4 Å². The molecule has 0 amide bonds. The van der Waals surface area contributed by atoms with E-state index >= 15 is 0 Å². The maximum atomic E-state index is 13.5. The summed E-state index contributed by atoms with van der Waals surface area (Å²) >= 11 is 0. The number of aryl methyl sites for hydroxylation is 1. The first-order chi connectivity index (χ1) is 13.8. The molecule has 3 rings (SSSR count). The lowest BCUT2D eigenvalue weighted by molar-refractivity contribution is 0.142. The number of anilines is 2. The van der Waals surface area contributed by atoms with Crippen LogP contribution in [0.1, 0.15) is 22.8 Å². The third-order valence-electron chi connectivity index (χ3n) is 4.18. The Bertz CT molecular complexity index is 1080. The van der Waals surface area contributed by atoms with Crippen LogP contribution >= 0.6 is 0 Å². The second-order valence-electron chi connectivity index (χ2n) is 6.32. The minimum Gasteiger partial charge on any atom is -0.386 e. The van der Waals surface area contributed by atoms with Gasteiger partial charge in [0.25, 0.3) is 5.56 Å². The average molecular weight is 408 g/mol. The molecular weight excluding hydrogens is 392 g/mol. The number of nitrogens with one attached hydrogen (secondary N) is 1. The number of benzene rings is 2. The van der Waals surface area contributed by atoms with Crippen LogP contribution in [-0.4, -0.2) is 26.5 Å². The van der Waals surface area contributed by atoms with Crippen molar-refractivity contribution >= 4 is 11.6 Å². The lowest BCUT2D eigenvalue weighted by atomic mass is 10.1. The lowest BCUT2D eigenvalue weighted by Crippen LogP contribution is -2.20. The summed E-state index contributed by atoms with van der Waals surface area (Å²) in [5, 5.41) is 16.4. The van der Waals surface area contributed by atoms with Gasteiger partial charge in [-0.2, -0.15) is 10.1 Å². The van der Waals surface area contributed by atoms with Gasteiger partial charge in [0.1, 0.15) is 19.0 Å². The second-order valence-corrected chi connectivity index (χ2v) is 6.32. The Hall–Kier alpha value is -3.27. The number of aliphatic hydroxyl groups excluding tert-OH is 1. The number of nitrogens with zero attached hydrogens (tertiary/aromatic N) is 3. The number of aromatic nitrogens is 3. The summed E-state index contributed by atoms with van der Waals surface area (Å²) in [7, 11) is 0. The van der Waals surface area contributed by atoms with Crippen LogP contribution in [0.25, 0.3) is 0 Å². The molecule has 6 nitrogen and oxygen atoms in total. The van der Waals surface area contributed by atoms with Gasteiger partial charge in [0, 0.05) is 5.69 Å². The topological polar surface area (TPSA) is 80.0 Å². The highest BCUT2D eigenvalue weighted by atomic mass is 19.2. The van der Waals surface area contributed by atoms with Gasteiger partial charge in [-0.05, 0) is 41.8 Å². The van der Waals surface area contributed by atoms with Crippen molar-refractivity contribution in [2.24, 2.45) is 0 Å². The highest BCUT2D eigenvalue weighted by molar-refractivity contribution is 5.59. The standard InChI is InChI=1S/C19H16F4N4O2/c1-10-2-3-12(16(28)7-20)6-15(10)25-19-26-17(29)8-24-27(19)9-11-4-13(21)18(23)14(22)5-11/h2-6,8,16,28H,7,9H2,1H3,(H,25,26,29).